The molecule has 1 aromatic rings. The van der Waals surface area contributed by atoms with Gasteiger partial charge in [0, 0.05) is 5.92 Å². The van der Waals surface area contributed by atoms with Crippen LogP contribution in [0.2, 0.25) is 0 Å². The van der Waals surface area contributed by atoms with Gasteiger partial charge in [0.1, 0.15) is 0 Å². The van der Waals surface area contributed by atoms with Crippen molar-refractivity contribution in [1.29, 1.82) is 0 Å². The van der Waals surface area contributed by atoms with Gasteiger partial charge in [-0.15, -0.1) is 0 Å². The Kier molecular flexibility index (Phi) is 4.75. The maximum Gasteiger partial charge on any atom is 0.311 e. The summed E-state index contributed by atoms with van der Waals surface area (Å²) in [7, 11) is -2.29. The van der Waals surface area contributed by atoms with Crippen LogP contribution in [0.5, 0.6) is 0 Å². The third kappa shape index (κ3) is 3.90. The van der Waals surface area contributed by atoms with Crippen LogP contribution in [-0.4, -0.2) is 14.5 Å². The van der Waals surface area contributed by atoms with Crippen molar-refractivity contribution >= 4 is 10.5 Å². The molecule has 0 saturated heterocycles. The number of hydrogen-bond donors (Lipinski definition) is 0. The molecule has 1 aliphatic rings. The molecule has 1 aliphatic carbocycles. The van der Waals surface area contributed by atoms with Crippen LogP contribution in [0.1, 0.15) is 44.6 Å². The molecule has 3 unspecified atom stereocenters. The van der Waals surface area contributed by atoms with Crippen molar-refractivity contribution in [2.45, 2.75) is 45.1 Å². The summed E-state index contributed by atoms with van der Waals surface area (Å²) in [6.07, 6.45) is 3.43. The van der Waals surface area contributed by atoms with Crippen LogP contribution in [0.4, 0.5) is 0 Å². The van der Waals surface area contributed by atoms with Gasteiger partial charge in [-0.2, -0.15) is 12.8 Å². The van der Waals surface area contributed by atoms with Crippen molar-refractivity contribution in [3.8, 4) is 0 Å². The van der Waals surface area contributed by atoms with Crippen molar-refractivity contribution in [3.05, 3.63) is 35.9 Å². The molecule has 0 heterocycles. The Hall–Kier alpha value is -1.16. The standard InChI is InChI=1S/C15H21NO2S/c1-11(2)7-6-10-13-14(15(13)16-19(17)18)12-8-4-3-5-9-12/h3-5,8-9,11,13-15H,6-7,10H2,1-2H3. The summed E-state index contributed by atoms with van der Waals surface area (Å²) in [5, 5.41) is 0. The Morgan fingerprint density at radius 2 is 1.89 bits per heavy atom. The lowest BCUT2D eigenvalue weighted by Gasteiger charge is -2.03. The van der Waals surface area contributed by atoms with Crippen molar-refractivity contribution in [2.24, 2.45) is 16.2 Å². The maximum atomic E-state index is 10.8. The molecule has 3 nitrogen and oxygen atoms in total. The van der Waals surface area contributed by atoms with E-state index in [1.54, 1.807) is 0 Å². The summed E-state index contributed by atoms with van der Waals surface area (Å²) < 4.78 is 25.4. The van der Waals surface area contributed by atoms with E-state index >= 15 is 0 Å². The largest absolute Gasteiger partial charge is 0.311 e. The minimum Gasteiger partial charge on any atom is -0.168 e. The summed E-state index contributed by atoms with van der Waals surface area (Å²) >= 11 is 0. The van der Waals surface area contributed by atoms with Crippen LogP contribution in [0.15, 0.2) is 34.7 Å². The van der Waals surface area contributed by atoms with Crippen LogP contribution in [0.3, 0.4) is 0 Å². The van der Waals surface area contributed by atoms with E-state index in [-0.39, 0.29) is 6.04 Å². The molecule has 1 aromatic carbocycles. The lowest BCUT2D eigenvalue weighted by Crippen LogP contribution is -1.90. The van der Waals surface area contributed by atoms with Crippen LogP contribution in [0, 0.1) is 11.8 Å². The molecule has 0 spiro atoms. The second kappa shape index (κ2) is 6.33. The highest BCUT2D eigenvalue weighted by atomic mass is 32.2. The number of hydrogen-bond acceptors (Lipinski definition) is 3. The molecule has 4 heteroatoms. The monoisotopic (exact) mass is 279 g/mol. The second-order valence-electron chi connectivity index (χ2n) is 5.74. The van der Waals surface area contributed by atoms with E-state index in [0.29, 0.717) is 17.8 Å². The van der Waals surface area contributed by atoms with Crippen LogP contribution in [0.25, 0.3) is 0 Å². The Balaban J connectivity index is 2.02. The number of rotatable bonds is 6. The summed E-state index contributed by atoms with van der Waals surface area (Å²) in [5.74, 6) is 1.41. The highest BCUT2D eigenvalue weighted by Gasteiger charge is 2.51. The quantitative estimate of drug-likeness (QED) is 0.797. The highest BCUT2D eigenvalue weighted by Crippen LogP contribution is 2.52. The lowest BCUT2D eigenvalue weighted by molar-refractivity contribution is 0.513. The molecule has 0 bridgehead atoms. The van der Waals surface area contributed by atoms with Gasteiger partial charge in [0.15, 0.2) is 0 Å². The summed E-state index contributed by atoms with van der Waals surface area (Å²) in [5.41, 5.74) is 1.22. The molecule has 0 aliphatic heterocycles. The summed E-state index contributed by atoms with van der Waals surface area (Å²) in [4.78, 5) is 0. The Morgan fingerprint density at radius 1 is 1.21 bits per heavy atom. The van der Waals surface area contributed by atoms with Gasteiger partial charge < -0.3 is 0 Å². The van der Waals surface area contributed by atoms with Gasteiger partial charge in [0.25, 0.3) is 0 Å². The topological polar surface area (TPSA) is 46.5 Å². The first-order chi connectivity index (χ1) is 9.09. The van der Waals surface area contributed by atoms with Crippen molar-refractivity contribution in [1.82, 2.24) is 0 Å². The van der Waals surface area contributed by atoms with Crippen LogP contribution < -0.4 is 0 Å². The van der Waals surface area contributed by atoms with Gasteiger partial charge >= 0.3 is 10.5 Å². The average Bonchev–Trinajstić information content (AvgIpc) is 3.02. The average molecular weight is 279 g/mol. The van der Waals surface area contributed by atoms with Crippen LogP contribution >= 0.6 is 0 Å². The zero-order valence-corrected chi connectivity index (χ0v) is 12.3. The molecule has 0 aromatic heterocycles. The first-order valence-electron chi connectivity index (χ1n) is 6.94. The van der Waals surface area contributed by atoms with Gasteiger partial charge in [-0.1, -0.05) is 57.0 Å². The normalized spacial score (nSPS) is 25.3. The van der Waals surface area contributed by atoms with E-state index in [1.807, 2.05) is 18.2 Å². The molecular formula is C15H21NO2S. The second-order valence-corrected chi connectivity index (χ2v) is 6.38. The molecule has 1 saturated carbocycles. The van der Waals surface area contributed by atoms with Gasteiger partial charge in [-0.25, -0.2) is 0 Å². The zero-order chi connectivity index (χ0) is 13.8. The van der Waals surface area contributed by atoms with Crippen molar-refractivity contribution in [2.75, 3.05) is 0 Å². The fourth-order valence-electron chi connectivity index (χ4n) is 2.83. The summed E-state index contributed by atoms with van der Waals surface area (Å²) in [6.45, 7) is 4.44. The molecule has 104 valence electrons. The van der Waals surface area contributed by atoms with E-state index in [1.165, 1.54) is 12.0 Å². The smallest absolute Gasteiger partial charge is 0.168 e. The minimum atomic E-state index is -2.29. The van der Waals surface area contributed by atoms with E-state index < -0.39 is 10.5 Å². The molecule has 0 amide bonds. The number of benzene rings is 1. The van der Waals surface area contributed by atoms with Crippen molar-refractivity contribution in [3.63, 3.8) is 0 Å². The molecule has 3 atom stereocenters. The first kappa shape index (κ1) is 14.3. The SMILES string of the molecule is CC(C)CCCC1C(N=S(=O)=O)C1c1ccccc1. The molecule has 19 heavy (non-hydrogen) atoms. The fourth-order valence-corrected chi connectivity index (χ4v) is 3.32. The van der Waals surface area contributed by atoms with E-state index in [2.05, 4.69) is 30.3 Å². The van der Waals surface area contributed by atoms with E-state index in [9.17, 15) is 8.42 Å². The molecule has 0 radical (unpaired) electrons. The molecule has 1 fully saturated rings. The third-order valence-corrected chi connectivity index (χ3v) is 4.25. The highest BCUT2D eigenvalue weighted by molar-refractivity contribution is 7.61. The molecular weight excluding hydrogens is 258 g/mol. The summed E-state index contributed by atoms with van der Waals surface area (Å²) in [6, 6.07) is 10.1. The van der Waals surface area contributed by atoms with Crippen molar-refractivity contribution < 1.29 is 8.42 Å². The Bertz CT molecular complexity index is 529. The van der Waals surface area contributed by atoms with Crippen LogP contribution in [-0.2, 0) is 10.5 Å². The van der Waals surface area contributed by atoms with Gasteiger partial charge in [-0.3, -0.25) is 0 Å². The van der Waals surface area contributed by atoms with E-state index in [4.69, 9.17) is 0 Å². The lowest BCUT2D eigenvalue weighted by atomic mass is 10.0. The predicted octanol–water partition coefficient (Wildman–Crippen LogP) is 3.66. The Labute approximate surface area is 116 Å². The minimum absolute atomic E-state index is 0.0344. The van der Waals surface area contributed by atoms with Gasteiger partial charge in [0.05, 0.1) is 6.04 Å². The maximum absolute atomic E-state index is 10.8. The first-order valence-corrected chi connectivity index (χ1v) is 7.98. The molecule has 0 N–H and O–H groups in total. The van der Waals surface area contributed by atoms with Gasteiger partial charge in [0.2, 0.25) is 0 Å². The fraction of sp³-hybridized carbons (Fsp3) is 0.600. The van der Waals surface area contributed by atoms with E-state index in [0.717, 1.165) is 12.8 Å². The molecule has 2 rings (SSSR count). The number of nitrogens with zero attached hydrogens (tertiary/aromatic N) is 1. The Morgan fingerprint density at radius 3 is 2.47 bits per heavy atom. The predicted molar refractivity (Wildman–Crippen MR) is 76.5 cm³/mol. The third-order valence-electron chi connectivity index (χ3n) is 3.84. The zero-order valence-electron chi connectivity index (χ0n) is 11.5. The van der Waals surface area contributed by atoms with Gasteiger partial charge in [-0.05, 0) is 23.8 Å².